The molecular formula is C18H17ClF2N4O2. The van der Waals surface area contributed by atoms with E-state index in [0.29, 0.717) is 33.1 Å². The van der Waals surface area contributed by atoms with Gasteiger partial charge in [-0.2, -0.15) is 13.9 Å². The summed E-state index contributed by atoms with van der Waals surface area (Å²) in [6.07, 6.45) is 2.36. The highest BCUT2D eigenvalue weighted by molar-refractivity contribution is 6.31. The largest absolute Gasteiger partial charge is 0.454 e. The van der Waals surface area contributed by atoms with Crippen LogP contribution in [0.2, 0.25) is 5.02 Å². The highest BCUT2D eigenvalue weighted by Gasteiger charge is 2.21. The predicted molar refractivity (Wildman–Crippen MR) is 94.9 cm³/mol. The molecule has 0 fully saturated rings. The summed E-state index contributed by atoms with van der Waals surface area (Å²) >= 11 is 6.18. The summed E-state index contributed by atoms with van der Waals surface area (Å²) in [5, 5.41) is 4.98. The fourth-order valence-electron chi connectivity index (χ4n) is 2.77. The minimum atomic E-state index is -2.75. The number of halogens is 3. The van der Waals surface area contributed by atoms with E-state index in [2.05, 4.69) is 10.1 Å². The lowest BCUT2D eigenvalue weighted by atomic mass is 10.2. The third-order valence-corrected chi connectivity index (χ3v) is 4.52. The number of imidazole rings is 1. The highest BCUT2D eigenvalue weighted by atomic mass is 35.5. The van der Waals surface area contributed by atoms with Crippen LogP contribution in [-0.4, -0.2) is 25.3 Å². The van der Waals surface area contributed by atoms with Crippen LogP contribution in [0.15, 0.2) is 36.7 Å². The van der Waals surface area contributed by atoms with E-state index in [1.165, 1.54) is 6.20 Å². The summed E-state index contributed by atoms with van der Waals surface area (Å²) in [5.41, 5.74) is 2.26. The molecule has 2 heterocycles. The number of hydrogen-bond acceptors (Lipinski definition) is 4. The number of hydrogen-bond donors (Lipinski definition) is 0. The fraction of sp³-hybridized carbons (Fsp3) is 0.278. The quantitative estimate of drug-likeness (QED) is 0.589. The second-order valence-corrected chi connectivity index (χ2v) is 6.31. The zero-order valence-corrected chi connectivity index (χ0v) is 15.5. The Morgan fingerprint density at radius 1 is 1.30 bits per heavy atom. The molecule has 0 aliphatic rings. The molecule has 3 aromatic rings. The van der Waals surface area contributed by atoms with E-state index in [1.807, 2.05) is 18.2 Å². The first kappa shape index (κ1) is 19.0. The summed E-state index contributed by atoms with van der Waals surface area (Å²) in [4.78, 5) is 16.3. The van der Waals surface area contributed by atoms with Gasteiger partial charge in [0.2, 0.25) is 0 Å². The van der Waals surface area contributed by atoms with Crippen molar-refractivity contribution in [2.24, 2.45) is 0 Å². The van der Waals surface area contributed by atoms with Gasteiger partial charge in [-0.15, -0.1) is 0 Å². The number of rotatable bonds is 6. The van der Waals surface area contributed by atoms with E-state index in [9.17, 15) is 13.6 Å². The fourth-order valence-corrected chi connectivity index (χ4v) is 2.97. The molecule has 0 saturated carbocycles. The van der Waals surface area contributed by atoms with Crippen molar-refractivity contribution in [2.45, 2.75) is 33.5 Å². The maximum atomic E-state index is 12.8. The van der Waals surface area contributed by atoms with Gasteiger partial charge >= 0.3 is 12.5 Å². The molecule has 0 atom stereocenters. The Balaban J connectivity index is 1.76. The number of aromatic nitrogens is 4. The van der Waals surface area contributed by atoms with Crippen LogP contribution in [0.25, 0.3) is 0 Å². The lowest BCUT2D eigenvalue weighted by Gasteiger charge is -2.09. The Labute approximate surface area is 159 Å². The van der Waals surface area contributed by atoms with Crippen LogP contribution in [0.1, 0.15) is 39.7 Å². The third kappa shape index (κ3) is 4.00. The van der Waals surface area contributed by atoms with Crippen LogP contribution in [0.4, 0.5) is 8.78 Å². The summed E-state index contributed by atoms with van der Waals surface area (Å²) in [5.74, 6) is -0.670. The molecule has 1 aromatic carbocycles. The second kappa shape index (κ2) is 7.87. The van der Waals surface area contributed by atoms with Crippen molar-refractivity contribution in [1.29, 1.82) is 0 Å². The molecule has 0 bridgehead atoms. The number of ether oxygens (including phenoxy) is 1. The molecular weight excluding hydrogens is 378 g/mol. The number of esters is 1. The minimum absolute atomic E-state index is 0.0304. The van der Waals surface area contributed by atoms with Gasteiger partial charge in [0.05, 0.1) is 17.9 Å². The van der Waals surface area contributed by atoms with E-state index < -0.39 is 12.5 Å². The van der Waals surface area contributed by atoms with Gasteiger partial charge in [0.25, 0.3) is 0 Å². The predicted octanol–water partition coefficient (Wildman–Crippen LogP) is 4.15. The van der Waals surface area contributed by atoms with Crippen LogP contribution < -0.4 is 0 Å². The molecule has 0 aliphatic carbocycles. The molecule has 27 heavy (non-hydrogen) atoms. The molecule has 0 saturated heterocycles. The van der Waals surface area contributed by atoms with E-state index in [-0.39, 0.29) is 12.4 Å². The number of nitrogens with zero attached hydrogens (tertiary/aromatic N) is 4. The van der Waals surface area contributed by atoms with Crippen LogP contribution in [0.3, 0.4) is 0 Å². The summed E-state index contributed by atoms with van der Waals surface area (Å²) in [6, 6.07) is 7.36. The number of carbonyl (C=O) groups is 1. The van der Waals surface area contributed by atoms with E-state index in [1.54, 1.807) is 24.6 Å². The number of benzene rings is 1. The van der Waals surface area contributed by atoms with Gasteiger partial charge in [0, 0.05) is 17.4 Å². The van der Waals surface area contributed by atoms with Gasteiger partial charge in [-0.05, 0) is 25.5 Å². The van der Waals surface area contributed by atoms with Crippen molar-refractivity contribution in [3.8, 4) is 0 Å². The minimum Gasteiger partial charge on any atom is -0.454 e. The SMILES string of the molecule is Cc1nn(Cc2ccccc2Cl)c(C)c1C(=O)OCc1nccn1C(F)F. The average Bonchev–Trinajstić information content (AvgIpc) is 3.20. The lowest BCUT2D eigenvalue weighted by molar-refractivity contribution is 0.0374. The van der Waals surface area contributed by atoms with Crippen molar-refractivity contribution in [3.05, 3.63) is 70.0 Å². The maximum absolute atomic E-state index is 12.8. The number of alkyl halides is 2. The molecule has 142 valence electrons. The molecule has 2 aromatic heterocycles. The highest BCUT2D eigenvalue weighted by Crippen LogP contribution is 2.21. The maximum Gasteiger partial charge on any atom is 0.342 e. The molecule has 0 unspecified atom stereocenters. The molecule has 0 spiro atoms. The zero-order valence-electron chi connectivity index (χ0n) is 14.7. The summed E-state index contributed by atoms with van der Waals surface area (Å²) in [7, 11) is 0. The molecule has 0 amide bonds. The van der Waals surface area contributed by atoms with Crippen LogP contribution in [0, 0.1) is 13.8 Å². The Bertz CT molecular complexity index is 968. The summed E-state index contributed by atoms with van der Waals surface area (Å²) < 4.78 is 33.2. The summed E-state index contributed by atoms with van der Waals surface area (Å²) in [6.45, 7) is 0.726. The standard InChI is InChI=1S/C18H17ClF2N4O2/c1-11-16(17(26)27-10-15-22-7-8-24(15)18(20)21)12(2)25(23-11)9-13-5-3-4-6-14(13)19/h3-8,18H,9-10H2,1-2H3. The van der Waals surface area contributed by atoms with Crippen molar-refractivity contribution in [2.75, 3.05) is 0 Å². The molecule has 6 nitrogen and oxygen atoms in total. The average molecular weight is 395 g/mol. The van der Waals surface area contributed by atoms with Crippen molar-refractivity contribution in [1.82, 2.24) is 19.3 Å². The van der Waals surface area contributed by atoms with E-state index in [0.717, 1.165) is 11.8 Å². The van der Waals surface area contributed by atoms with Gasteiger partial charge in [-0.3, -0.25) is 9.25 Å². The van der Waals surface area contributed by atoms with Gasteiger partial charge in [0.15, 0.2) is 5.82 Å². The van der Waals surface area contributed by atoms with Crippen molar-refractivity contribution < 1.29 is 18.3 Å². The van der Waals surface area contributed by atoms with Gasteiger partial charge in [0.1, 0.15) is 12.2 Å². The second-order valence-electron chi connectivity index (χ2n) is 5.90. The zero-order chi connectivity index (χ0) is 19.6. The van der Waals surface area contributed by atoms with Crippen LogP contribution >= 0.6 is 11.6 Å². The van der Waals surface area contributed by atoms with Crippen LogP contribution in [0.5, 0.6) is 0 Å². The Morgan fingerprint density at radius 2 is 2.04 bits per heavy atom. The molecule has 0 N–H and O–H groups in total. The monoisotopic (exact) mass is 394 g/mol. The van der Waals surface area contributed by atoms with Crippen molar-refractivity contribution in [3.63, 3.8) is 0 Å². The van der Waals surface area contributed by atoms with Gasteiger partial charge in [-0.1, -0.05) is 29.8 Å². The normalized spacial score (nSPS) is 11.2. The van der Waals surface area contributed by atoms with Gasteiger partial charge in [-0.25, -0.2) is 9.78 Å². The van der Waals surface area contributed by atoms with Crippen LogP contribution in [-0.2, 0) is 17.9 Å². The number of aryl methyl sites for hydroxylation is 1. The molecule has 0 radical (unpaired) electrons. The van der Waals surface area contributed by atoms with Gasteiger partial charge < -0.3 is 4.74 Å². The first-order chi connectivity index (χ1) is 12.9. The first-order valence-electron chi connectivity index (χ1n) is 8.13. The molecule has 3 rings (SSSR count). The smallest absolute Gasteiger partial charge is 0.342 e. The lowest BCUT2D eigenvalue weighted by Crippen LogP contribution is -2.12. The Kier molecular flexibility index (Phi) is 5.55. The Hall–Kier alpha value is -2.74. The van der Waals surface area contributed by atoms with E-state index in [4.69, 9.17) is 16.3 Å². The molecule has 0 aliphatic heterocycles. The number of carbonyl (C=O) groups excluding carboxylic acids is 1. The molecule has 9 heteroatoms. The first-order valence-corrected chi connectivity index (χ1v) is 8.50. The Morgan fingerprint density at radius 3 is 2.74 bits per heavy atom. The topological polar surface area (TPSA) is 61.9 Å². The third-order valence-electron chi connectivity index (χ3n) is 4.16. The van der Waals surface area contributed by atoms with Crippen molar-refractivity contribution >= 4 is 17.6 Å². The van der Waals surface area contributed by atoms with E-state index >= 15 is 0 Å².